The van der Waals surface area contributed by atoms with Crippen molar-refractivity contribution in [3.63, 3.8) is 0 Å². The molecule has 7 nitrogen and oxygen atoms in total. The number of hydrogen-bond acceptors (Lipinski definition) is 4. The number of piperidine rings is 1. The molecule has 1 aliphatic rings. The Hall–Kier alpha value is -2.71. The lowest BCUT2D eigenvalue weighted by Crippen LogP contribution is -2.43. The number of carbonyl (C=O) groups excluding carboxylic acids is 1. The van der Waals surface area contributed by atoms with Crippen molar-refractivity contribution in [1.82, 2.24) is 14.3 Å². The zero-order valence-corrected chi connectivity index (χ0v) is 15.4. The lowest BCUT2D eigenvalue weighted by molar-refractivity contribution is -0.120. The minimum absolute atomic E-state index is 0.170. The number of anilines is 1. The number of aromatic nitrogens is 2. The normalized spacial score (nSPS) is 18.4. The highest BCUT2D eigenvalue weighted by atomic mass is 32.2. The van der Waals surface area contributed by atoms with Crippen LogP contribution in [0, 0.1) is 5.92 Å². The first-order chi connectivity index (χ1) is 13.0. The number of amides is 1. The summed E-state index contributed by atoms with van der Waals surface area (Å²) in [6.45, 7) is 0.592. The molecule has 8 heteroatoms. The summed E-state index contributed by atoms with van der Waals surface area (Å²) in [6, 6.07) is 15.8. The first-order valence-corrected chi connectivity index (χ1v) is 10.3. The van der Waals surface area contributed by atoms with Crippen molar-refractivity contribution in [3.05, 3.63) is 54.6 Å². The molecule has 140 valence electrons. The van der Waals surface area contributed by atoms with Crippen LogP contribution < -0.4 is 5.32 Å². The van der Waals surface area contributed by atoms with Gasteiger partial charge < -0.3 is 4.98 Å². The molecule has 0 saturated carbocycles. The van der Waals surface area contributed by atoms with Crippen LogP contribution in [-0.2, 0) is 14.8 Å². The average Bonchev–Trinajstić information content (AvgIpc) is 3.11. The molecule has 1 atom stereocenters. The SMILES string of the molecule is O=C(Nc1nc2ccccc2[nH]1)C1CCCN(S(=O)(=O)c2ccccc2)C1. The number of imidazole rings is 1. The van der Waals surface area contributed by atoms with Crippen LogP contribution in [-0.4, -0.2) is 41.7 Å². The number of fused-ring (bicyclic) bond motifs is 1. The lowest BCUT2D eigenvalue weighted by Gasteiger charge is -2.31. The molecule has 27 heavy (non-hydrogen) atoms. The fraction of sp³-hybridized carbons (Fsp3) is 0.263. The minimum Gasteiger partial charge on any atom is -0.324 e. The van der Waals surface area contributed by atoms with E-state index in [1.807, 2.05) is 24.3 Å². The van der Waals surface area contributed by atoms with Crippen LogP contribution in [0.3, 0.4) is 0 Å². The van der Waals surface area contributed by atoms with Crippen LogP contribution >= 0.6 is 0 Å². The maximum atomic E-state index is 12.8. The molecule has 2 heterocycles. The molecule has 1 aliphatic heterocycles. The molecule has 2 aromatic carbocycles. The Balaban J connectivity index is 1.48. The van der Waals surface area contributed by atoms with Crippen LogP contribution in [0.2, 0.25) is 0 Å². The number of H-pyrrole nitrogens is 1. The zero-order valence-electron chi connectivity index (χ0n) is 14.6. The fourth-order valence-corrected chi connectivity index (χ4v) is 4.89. The Labute approximate surface area is 157 Å². The van der Waals surface area contributed by atoms with Crippen molar-refractivity contribution in [2.24, 2.45) is 5.92 Å². The van der Waals surface area contributed by atoms with Gasteiger partial charge >= 0.3 is 0 Å². The van der Waals surface area contributed by atoms with E-state index in [2.05, 4.69) is 15.3 Å². The highest BCUT2D eigenvalue weighted by Crippen LogP contribution is 2.24. The summed E-state index contributed by atoms with van der Waals surface area (Å²) in [5, 5.41) is 2.79. The molecule has 1 amide bonds. The average molecular weight is 384 g/mol. The number of nitrogens with one attached hydrogen (secondary N) is 2. The van der Waals surface area contributed by atoms with E-state index in [-0.39, 0.29) is 17.3 Å². The topological polar surface area (TPSA) is 95.2 Å². The second-order valence-electron chi connectivity index (χ2n) is 6.61. The summed E-state index contributed by atoms with van der Waals surface area (Å²) < 4.78 is 27.0. The molecule has 3 aromatic rings. The standard InChI is InChI=1S/C19H20N4O3S/c24-18(22-19-20-16-10-4-5-11-17(16)21-19)14-7-6-12-23(13-14)27(25,26)15-8-2-1-3-9-15/h1-5,8-11,14H,6-7,12-13H2,(H2,20,21,22,24). The van der Waals surface area contributed by atoms with Gasteiger partial charge in [0.2, 0.25) is 21.9 Å². The second-order valence-corrected chi connectivity index (χ2v) is 8.55. The predicted octanol–water partition coefficient (Wildman–Crippen LogP) is 2.60. The van der Waals surface area contributed by atoms with Crippen LogP contribution in [0.15, 0.2) is 59.5 Å². The Morgan fingerprint density at radius 3 is 2.63 bits per heavy atom. The molecule has 0 bridgehead atoms. The van der Waals surface area contributed by atoms with Gasteiger partial charge in [-0.25, -0.2) is 13.4 Å². The third-order valence-corrected chi connectivity index (χ3v) is 6.65. The van der Waals surface area contributed by atoms with E-state index >= 15 is 0 Å². The van der Waals surface area contributed by atoms with Crippen molar-refractivity contribution in [3.8, 4) is 0 Å². The van der Waals surface area contributed by atoms with Crippen molar-refractivity contribution >= 4 is 32.9 Å². The largest absolute Gasteiger partial charge is 0.324 e. The van der Waals surface area contributed by atoms with Crippen LogP contribution in [0.5, 0.6) is 0 Å². The molecule has 1 unspecified atom stereocenters. The molecule has 0 spiro atoms. The maximum absolute atomic E-state index is 12.8. The van der Waals surface area contributed by atoms with Gasteiger partial charge in [-0.15, -0.1) is 0 Å². The number of hydrogen-bond donors (Lipinski definition) is 2. The summed E-state index contributed by atoms with van der Waals surface area (Å²) in [7, 11) is -3.59. The predicted molar refractivity (Wildman–Crippen MR) is 103 cm³/mol. The number of nitrogens with zero attached hydrogens (tertiary/aromatic N) is 2. The number of para-hydroxylation sites is 2. The summed E-state index contributed by atoms with van der Waals surface area (Å²) in [6.07, 6.45) is 1.29. The Kier molecular flexibility index (Phi) is 4.67. The van der Waals surface area contributed by atoms with Gasteiger partial charge in [0.1, 0.15) is 0 Å². The van der Waals surface area contributed by atoms with Gasteiger partial charge in [-0.1, -0.05) is 30.3 Å². The number of carbonyl (C=O) groups is 1. The van der Waals surface area contributed by atoms with Gasteiger partial charge in [0.15, 0.2) is 0 Å². The molecular formula is C19H20N4O3S. The Morgan fingerprint density at radius 1 is 1.11 bits per heavy atom. The van der Waals surface area contributed by atoms with E-state index in [1.165, 1.54) is 4.31 Å². The number of sulfonamides is 1. The number of rotatable bonds is 4. The van der Waals surface area contributed by atoms with E-state index in [0.29, 0.717) is 25.3 Å². The van der Waals surface area contributed by atoms with Gasteiger partial charge in [-0.05, 0) is 37.1 Å². The summed E-state index contributed by atoms with van der Waals surface area (Å²) in [5.74, 6) is -0.253. The summed E-state index contributed by atoms with van der Waals surface area (Å²) >= 11 is 0. The first kappa shape index (κ1) is 17.7. The first-order valence-electron chi connectivity index (χ1n) is 8.85. The van der Waals surface area contributed by atoms with Crippen molar-refractivity contribution < 1.29 is 13.2 Å². The summed E-state index contributed by atoms with van der Waals surface area (Å²) in [5.41, 5.74) is 1.61. The molecule has 0 aliphatic carbocycles. The van der Waals surface area contributed by atoms with E-state index in [0.717, 1.165) is 11.0 Å². The van der Waals surface area contributed by atoms with E-state index in [1.54, 1.807) is 30.3 Å². The summed E-state index contributed by atoms with van der Waals surface area (Å²) in [4.78, 5) is 20.3. The van der Waals surface area contributed by atoms with Gasteiger partial charge in [-0.3, -0.25) is 10.1 Å². The molecular weight excluding hydrogens is 364 g/mol. The maximum Gasteiger partial charge on any atom is 0.243 e. The molecule has 4 rings (SSSR count). The second kappa shape index (κ2) is 7.13. The quantitative estimate of drug-likeness (QED) is 0.723. The molecule has 0 radical (unpaired) electrons. The third-order valence-electron chi connectivity index (χ3n) is 4.77. The van der Waals surface area contributed by atoms with Gasteiger partial charge in [0.25, 0.3) is 0 Å². The zero-order chi connectivity index (χ0) is 18.9. The van der Waals surface area contributed by atoms with E-state index < -0.39 is 15.9 Å². The molecule has 1 saturated heterocycles. The molecule has 1 fully saturated rings. The van der Waals surface area contributed by atoms with E-state index in [4.69, 9.17) is 0 Å². The number of aromatic amines is 1. The van der Waals surface area contributed by atoms with Crippen LogP contribution in [0.4, 0.5) is 5.95 Å². The van der Waals surface area contributed by atoms with Crippen molar-refractivity contribution in [1.29, 1.82) is 0 Å². The lowest BCUT2D eigenvalue weighted by atomic mass is 9.99. The monoisotopic (exact) mass is 384 g/mol. The number of benzene rings is 2. The van der Waals surface area contributed by atoms with Gasteiger partial charge in [-0.2, -0.15) is 4.31 Å². The van der Waals surface area contributed by atoms with Gasteiger partial charge in [0, 0.05) is 13.1 Å². The molecule has 2 N–H and O–H groups in total. The Morgan fingerprint density at radius 2 is 1.85 bits per heavy atom. The van der Waals surface area contributed by atoms with Crippen molar-refractivity contribution in [2.75, 3.05) is 18.4 Å². The van der Waals surface area contributed by atoms with Crippen LogP contribution in [0.25, 0.3) is 11.0 Å². The van der Waals surface area contributed by atoms with Crippen molar-refractivity contribution in [2.45, 2.75) is 17.7 Å². The highest BCUT2D eigenvalue weighted by molar-refractivity contribution is 7.89. The Bertz CT molecular complexity index is 1030. The van der Waals surface area contributed by atoms with E-state index in [9.17, 15) is 13.2 Å². The van der Waals surface area contributed by atoms with Crippen LogP contribution in [0.1, 0.15) is 12.8 Å². The third kappa shape index (κ3) is 3.58. The smallest absolute Gasteiger partial charge is 0.243 e. The molecule has 1 aromatic heterocycles. The highest BCUT2D eigenvalue weighted by Gasteiger charge is 2.33. The van der Waals surface area contributed by atoms with Gasteiger partial charge in [0.05, 0.1) is 21.8 Å². The fourth-order valence-electron chi connectivity index (χ4n) is 3.35. The minimum atomic E-state index is -3.59.